The first-order valence-corrected chi connectivity index (χ1v) is 13.5. The number of nitrogens with zero attached hydrogens (tertiary/aromatic N) is 8. The van der Waals surface area contributed by atoms with Crippen LogP contribution in [0.5, 0.6) is 0 Å². The van der Waals surface area contributed by atoms with Crippen LogP contribution in [-0.2, 0) is 9.59 Å². The number of hydrogen-bond donors (Lipinski definition) is 2. The van der Waals surface area contributed by atoms with Crippen LogP contribution in [0.25, 0.3) is 29.1 Å². The smallest absolute Gasteiger partial charge is 0.394 e. The topological polar surface area (TPSA) is 143 Å². The van der Waals surface area contributed by atoms with Crippen LogP contribution in [0.15, 0.2) is 66.6 Å². The monoisotopic (exact) mass is 582 g/mol. The maximum absolute atomic E-state index is 15.5. The summed E-state index contributed by atoms with van der Waals surface area (Å²) in [5, 5.41) is 21.3. The Hall–Kier alpha value is -5.47. The standard InChI is InChI=1S/C28H25BF2N10O2/c1-17-13-18(2)40-24(17)14-21-8-7-20(41(21)29(40,30)31)9-11-25(42)34-16-26(43)35-19-6-10-23(33-15-19)28-38-36-27(37-39-28)22-5-3-4-12-32-22/h3-8,10,12-15H,9,11,16H2,1-2H3,(H,34,42)(H,35,43). The third-order valence-corrected chi connectivity index (χ3v) is 7.11. The normalized spacial score (nSPS) is 14.7. The molecule has 2 aliphatic rings. The van der Waals surface area contributed by atoms with Crippen molar-refractivity contribution in [3.05, 3.63) is 83.6 Å². The highest BCUT2D eigenvalue weighted by molar-refractivity contribution is 6.58. The lowest BCUT2D eigenvalue weighted by Gasteiger charge is -2.30. The molecule has 0 bridgehead atoms. The van der Waals surface area contributed by atoms with Crippen molar-refractivity contribution >= 4 is 36.3 Å². The molecule has 0 aromatic carbocycles. The van der Waals surface area contributed by atoms with Gasteiger partial charge in [0, 0.05) is 43.0 Å². The molecule has 0 aliphatic carbocycles. The fourth-order valence-electron chi connectivity index (χ4n) is 5.14. The summed E-state index contributed by atoms with van der Waals surface area (Å²) < 4.78 is 33.2. The molecule has 2 amide bonds. The zero-order valence-electron chi connectivity index (χ0n) is 23.2. The lowest BCUT2D eigenvalue weighted by molar-refractivity contribution is -0.362. The van der Waals surface area contributed by atoms with Crippen LogP contribution in [0.1, 0.15) is 29.8 Å². The number of nitrogens with one attached hydrogen (secondary N) is 2. The number of fused-ring (bicyclic) bond motifs is 2. The molecule has 216 valence electrons. The Morgan fingerprint density at radius 2 is 1.70 bits per heavy atom. The molecule has 6 heterocycles. The van der Waals surface area contributed by atoms with Crippen LogP contribution in [0.2, 0.25) is 0 Å². The van der Waals surface area contributed by atoms with Crippen molar-refractivity contribution in [2.45, 2.75) is 26.7 Å². The van der Waals surface area contributed by atoms with Crippen LogP contribution in [0.4, 0.5) is 14.3 Å². The fourth-order valence-corrected chi connectivity index (χ4v) is 5.14. The van der Waals surface area contributed by atoms with Gasteiger partial charge in [-0.05, 0) is 55.4 Å². The van der Waals surface area contributed by atoms with Gasteiger partial charge in [-0.25, -0.2) is 0 Å². The molecular weight excluding hydrogens is 557 g/mol. The summed E-state index contributed by atoms with van der Waals surface area (Å²) >= 11 is 0. The Bertz CT molecular complexity index is 1820. The van der Waals surface area contributed by atoms with Gasteiger partial charge >= 0.3 is 6.97 Å². The molecule has 2 aliphatic heterocycles. The molecule has 6 rings (SSSR count). The van der Waals surface area contributed by atoms with E-state index in [9.17, 15) is 9.59 Å². The fraction of sp³-hybridized carbons (Fsp3) is 0.179. The highest BCUT2D eigenvalue weighted by atomic mass is 19.2. The molecule has 0 radical (unpaired) electrons. The van der Waals surface area contributed by atoms with Crippen LogP contribution in [-0.4, -0.2) is 70.4 Å². The van der Waals surface area contributed by atoms with Crippen molar-refractivity contribution < 1.29 is 22.7 Å². The van der Waals surface area contributed by atoms with E-state index in [-0.39, 0.29) is 31.0 Å². The molecule has 12 nitrogen and oxygen atoms in total. The second-order valence-electron chi connectivity index (χ2n) is 10.1. The molecule has 0 saturated carbocycles. The van der Waals surface area contributed by atoms with Gasteiger partial charge in [0.25, 0.3) is 0 Å². The van der Waals surface area contributed by atoms with E-state index in [1.54, 1.807) is 67.7 Å². The van der Waals surface area contributed by atoms with Crippen LogP contribution in [0, 0.1) is 13.8 Å². The number of rotatable bonds is 8. The molecule has 0 spiro atoms. The van der Waals surface area contributed by atoms with Crippen molar-refractivity contribution in [2.24, 2.45) is 0 Å². The van der Waals surface area contributed by atoms with Gasteiger partial charge < -0.3 is 28.2 Å². The summed E-state index contributed by atoms with van der Waals surface area (Å²) in [5.41, 5.74) is 3.83. The zero-order valence-corrected chi connectivity index (χ0v) is 23.2. The summed E-state index contributed by atoms with van der Waals surface area (Å²) in [6.07, 6.45) is 8.05. The Kier molecular flexibility index (Phi) is 7.13. The first-order valence-electron chi connectivity index (χ1n) is 13.5. The highest BCUT2D eigenvalue weighted by Crippen LogP contribution is 2.34. The Labute approximate surface area is 244 Å². The quantitative estimate of drug-likeness (QED) is 0.302. The number of aryl methyl sites for hydroxylation is 2. The zero-order chi connectivity index (χ0) is 30.1. The number of allylic oxidation sites excluding steroid dienone is 2. The van der Waals surface area contributed by atoms with Crippen LogP contribution < -0.4 is 10.6 Å². The van der Waals surface area contributed by atoms with Crippen molar-refractivity contribution in [3.63, 3.8) is 0 Å². The maximum Gasteiger partial charge on any atom is 0.737 e. The molecule has 4 aromatic rings. The van der Waals surface area contributed by atoms with Crippen molar-refractivity contribution in [1.82, 2.24) is 40.2 Å². The number of anilines is 1. The molecular formula is C28H25BF2N10O2. The Morgan fingerprint density at radius 1 is 0.953 bits per heavy atom. The summed E-state index contributed by atoms with van der Waals surface area (Å²) in [7, 11) is 0. The minimum atomic E-state index is -4.10. The number of carbonyl (C=O) groups is 2. The lowest BCUT2D eigenvalue weighted by Crippen LogP contribution is -2.50. The predicted molar refractivity (Wildman–Crippen MR) is 155 cm³/mol. The van der Waals surface area contributed by atoms with E-state index < -0.39 is 18.8 Å². The second kappa shape index (κ2) is 11.1. The third-order valence-electron chi connectivity index (χ3n) is 7.11. The second-order valence-corrected chi connectivity index (χ2v) is 10.1. The van der Waals surface area contributed by atoms with E-state index in [1.165, 1.54) is 6.20 Å². The molecule has 0 atom stereocenters. The summed E-state index contributed by atoms with van der Waals surface area (Å²) in [6, 6.07) is 10.3. The summed E-state index contributed by atoms with van der Waals surface area (Å²) in [5.74, 6) is -0.432. The first kappa shape index (κ1) is 27.7. The maximum atomic E-state index is 15.5. The number of aromatic nitrogens is 7. The third kappa shape index (κ3) is 5.44. The van der Waals surface area contributed by atoms with E-state index in [2.05, 4.69) is 41.0 Å². The van der Waals surface area contributed by atoms with Gasteiger partial charge in [-0.1, -0.05) is 6.07 Å². The highest BCUT2D eigenvalue weighted by Gasteiger charge is 2.52. The number of hydrogen-bond acceptors (Lipinski definition) is 8. The van der Waals surface area contributed by atoms with Gasteiger partial charge in [-0.3, -0.25) is 19.6 Å². The van der Waals surface area contributed by atoms with Crippen molar-refractivity contribution in [2.75, 3.05) is 11.9 Å². The van der Waals surface area contributed by atoms with E-state index in [4.69, 9.17) is 0 Å². The number of halogens is 2. The summed E-state index contributed by atoms with van der Waals surface area (Å²) in [4.78, 5) is 33.2. The molecule has 2 N–H and O–H groups in total. The van der Waals surface area contributed by atoms with Crippen LogP contribution >= 0.6 is 0 Å². The van der Waals surface area contributed by atoms with Gasteiger partial charge in [0.2, 0.25) is 23.5 Å². The first-order chi connectivity index (χ1) is 20.7. The number of amides is 2. The Balaban J connectivity index is 1.01. The number of pyridine rings is 2. The van der Waals surface area contributed by atoms with Gasteiger partial charge in [-0.2, -0.15) is 0 Å². The van der Waals surface area contributed by atoms with E-state index in [0.29, 0.717) is 39.9 Å². The minimum Gasteiger partial charge on any atom is -0.394 e. The van der Waals surface area contributed by atoms with E-state index >= 15 is 8.63 Å². The molecule has 4 aromatic heterocycles. The molecule has 43 heavy (non-hydrogen) atoms. The molecule has 0 unspecified atom stereocenters. The van der Waals surface area contributed by atoms with Gasteiger partial charge in [0.05, 0.1) is 18.4 Å². The molecule has 0 fully saturated rings. The van der Waals surface area contributed by atoms with E-state index in [1.807, 2.05) is 6.92 Å². The average molecular weight is 582 g/mol. The lowest BCUT2D eigenvalue weighted by atomic mass is 9.90. The SMILES string of the molecule is Cc1cc(C)n2c1C=C1C=CC(CCC(=O)NCC(=O)Nc3ccc(-c4nnc(-c5ccccn5)nn4)nc3)=[N+]1[B-]2(F)F. The Morgan fingerprint density at radius 3 is 2.37 bits per heavy atom. The molecule has 0 saturated heterocycles. The average Bonchev–Trinajstić information content (AvgIpc) is 3.56. The largest absolute Gasteiger partial charge is 0.737 e. The van der Waals surface area contributed by atoms with Crippen molar-refractivity contribution in [3.8, 4) is 23.0 Å². The molecule has 15 heteroatoms. The van der Waals surface area contributed by atoms with Crippen LogP contribution in [0.3, 0.4) is 0 Å². The van der Waals surface area contributed by atoms with Crippen molar-refractivity contribution in [1.29, 1.82) is 0 Å². The van der Waals surface area contributed by atoms with Gasteiger partial charge in [0.15, 0.2) is 5.70 Å². The van der Waals surface area contributed by atoms with E-state index in [0.717, 1.165) is 14.5 Å². The number of carbonyl (C=O) groups excluding carboxylic acids is 2. The van der Waals surface area contributed by atoms with Gasteiger partial charge in [0.1, 0.15) is 17.1 Å². The van der Waals surface area contributed by atoms with Gasteiger partial charge in [-0.15, -0.1) is 20.4 Å². The minimum absolute atomic E-state index is 0.0586. The summed E-state index contributed by atoms with van der Waals surface area (Å²) in [6.45, 7) is -0.926. The predicted octanol–water partition coefficient (Wildman–Crippen LogP) is 2.94.